The number of pyridine rings is 1. The third-order valence-electron chi connectivity index (χ3n) is 5.43. The van der Waals surface area contributed by atoms with E-state index in [0.29, 0.717) is 16.6 Å². The zero-order chi connectivity index (χ0) is 21.4. The van der Waals surface area contributed by atoms with Gasteiger partial charge in [-0.3, -0.25) is 14.3 Å². The standard InChI is InChI=1S/C21H19F2N7O/c22-18(23)12-30-13-26-17-11-14(1-2-15(17)21(30)31)28-7-9-29(10-8-28)19-4-3-16-20(27-19)25-6-5-24-16/h1-6,11,13,18H,7-10,12H2. The van der Waals surface area contributed by atoms with Crippen molar-refractivity contribution in [3.63, 3.8) is 0 Å². The second-order valence-electron chi connectivity index (χ2n) is 7.34. The third-order valence-corrected chi connectivity index (χ3v) is 5.43. The number of benzene rings is 1. The number of hydrogen-bond acceptors (Lipinski definition) is 7. The van der Waals surface area contributed by atoms with E-state index >= 15 is 0 Å². The molecular formula is C21H19F2N7O. The van der Waals surface area contributed by atoms with Crippen molar-refractivity contribution in [2.24, 2.45) is 0 Å². The molecule has 0 atom stereocenters. The summed E-state index contributed by atoms with van der Waals surface area (Å²) in [6, 6.07) is 9.22. The van der Waals surface area contributed by atoms with Crippen LogP contribution in [0.15, 0.2) is 53.8 Å². The van der Waals surface area contributed by atoms with Crippen molar-refractivity contribution in [3.8, 4) is 0 Å². The fourth-order valence-corrected chi connectivity index (χ4v) is 3.84. The van der Waals surface area contributed by atoms with Crippen LogP contribution in [0.25, 0.3) is 22.1 Å². The molecule has 0 saturated carbocycles. The molecule has 1 aromatic carbocycles. The van der Waals surface area contributed by atoms with Gasteiger partial charge in [-0.15, -0.1) is 0 Å². The lowest BCUT2D eigenvalue weighted by Crippen LogP contribution is -2.46. The van der Waals surface area contributed by atoms with Crippen molar-refractivity contribution in [2.45, 2.75) is 13.0 Å². The molecule has 8 nitrogen and oxygen atoms in total. The highest BCUT2D eigenvalue weighted by Crippen LogP contribution is 2.23. The number of nitrogens with zero attached hydrogens (tertiary/aromatic N) is 7. The van der Waals surface area contributed by atoms with Gasteiger partial charge >= 0.3 is 0 Å². The highest BCUT2D eigenvalue weighted by molar-refractivity contribution is 5.81. The van der Waals surface area contributed by atoms with Gasteiger partial charge in [0.1, 0.15) is 11.3 Å². The average molecular weight is 423 g/mol. The largest absolute Gasteiger partial charge is 0.368 e. The molecule has 31 heavy (non-hydrogen) atoms. The summed E-state index contributed by atoms with van der Waals surface area (Å²) in [6.07, 6.45) is 1.87. The van der Waals surface area contributed by atoms with Crippen LogP contribution in [0, 0.1) is 0 Å². The molecule has 0 unspecified atom stereocenters. The first-order chi connectivity index (χ1) is 15.1. The molecule has 1 fully saturated rings. The second kappa shape index (κ2) is 7.86. The van der Waals surface area contributed by atoms with Gasteiger partial charge in [0.25, 0.3) is 12.0 Å². The molecule has 4 aromatic rings. The van der Waals surface area contributed by atoms with Crippen LogP contribution >= 0.6 is 0 Å². The Morgan fingerprint density at radius 2 is 1.68 bits per heavy atom. The number of halogens is 2. The van der Waals surface area contributed by atoms with Gasteiger partial charge in [-0.1, -0.05) is 0 Å². The summed E-state index contributed by atoms with van der Waals surface area (Å²) in [4.78, 5) is 34.2. The molecule has 0 N–H and O–H groups in total. The predicted molar refractivity (Wildman–Crippen MR) is 114 cm³/mol. The summed E-state index contributed by atoms with van der Waals surface area (Å²) in [5, 5.41) is 0.340. The summed E-state index contributed by atoms with van der Waals surface area (Å²) >= 11 is 0. The Bertz CT molecular complexity index is 1300. The summed E-state index contributed by atoms with van der Waals surface area (Å²) in [5.74, 6) is 0.868. The molecule has 4 heterocycles. The van der Waals surface area contributed by atoms with Crippen LogP contribution in [0.1, 0.15) is 0 Å². The summed E-state index contributed by atoms with van der Waals surface area (Å²) in [7, 11) is 0. The minimum Gasteiger partial charge on any atom is -0.368 e. The molecular weight excluding hydrogens is 404 g/mol. The number of rotatable bonds is 4. The molecule has 10 heteroatoms. The van der Waals surface area contributed by atoms with E-state index in [9.17, 15) is 13.6 Å². The first-order valence-electron chi connectivity index (χ1n) is 9.93. The topological polar surface area (TPSA) is 80.0 Å². The van der Waals surface area contributed by atoms with Crippen molar-refractivity contribution in [1.82, 2.24) is 24.5 Å². The van der Waals surface area contributed by atoms with Gasteiger partial charge in [-0.25, -0.2) is 23.7 Å². The van der Waals surface area contributed by atoms with Crippen LogP contribution in [0.2, 0.25) is 0 Å². The van der Waals surface area contributed by atoms with Crippen molar-refractivity contribution in [1.29, 1.82) is 0 Å². The molecule has 158 valence electrons. The van der Waals surface area contributed by atoms with Crippen LogP contribution in [0.5, 0.6) is 0 Å². The van der Waals surface area contributed by atoms with E-state index in [-0.39, 0.29) is 0 Å². The van der Waals surface area contributed by atoms with E-state index in [1.165, 1.54) is 6.33 Å². The fourth-order valence-electron chi connectivity index (χ4n) is 3.84. The average Bonchev–Trinajstić information content (AvgIpc) is 2.80. The minimum atomic E-state index is -2.60. The van der Waals surface area contributed by atoms with Gasteiger partial charge in [-0.2, -0.15) is 0 Å². The first kappa shape index (κ1) is 19.3. The number of alkyl halides is 2. The van der Waals surface area contributed by atoms with Gasteiger partial charge in [0.05, 0.1) is 23.8 Å². The molecule has 0 aliphatic carbocycles. The van der Waals surface area contributed by atoms with E-state index < -0.39 is 18.5 Å². The van der Waals surface area contributed by atoms with Crippen molar-refractivity contribution in [2.75, 3.05) is 36.0 Å². The number of anilines is 2. The molecule has 3 aromatic heterocycles. The van der Waals surface area contributed by atoms with Crippen molar-refractivity contribution >= 4 is 33.6 Å². The second-order valence-corrected chi connectivity index (χ2v) is 7.34. The van der Waals surface area contributed by atoms with Gasteiger partial charge in [0, 0.05) is 44.3 Å². The van der Waals surface area contributed by atoms with Gasteiger partial charge in [0.2, 0.25) is 0 Å². The zero-order valence-electron chi connectivity index (χ0n) is 16.5. The quantitative estimate of drug-likeness (QED) is 0.498. The van der Waals surface area contributed by atoms with E-state index in [4.69, 9.17) is 0 Å². The monoisotopic (exact) mass is 423 g/mol. The highest BCUT2D eigenvalue weighted by atomic mass is 19.3. The lowest BCUT2D eigenvalue weighted by atomic mass is 10.2. The van der Waals surface area contributed by atoms with Crippen LogP contribution in [0.3, 0.4) is 0 Å². The molecule has 1 aliphatic rings. The number of hydrogen-bond donors (Lipinski definition) is 0. The number of fused-ring (bicyclic) bond motifs is 2. The zero-order valence-corrected chi connectivity index (χ0v) is 16.5. The minimum absolute atomic E-state index is 0.340. The van der Waals surface area contributed by atoms with Crippen LogP contribution in [-0.2, 0) is 6.54 Å². The Morgan fingerprint density at radius 3 is 2.48 bits per heavy atom. The van der Waals surface area contributed by atoms with Gasteiger partial charge < -0.3 is 9.80 Å². The lowest BCUT2D eigenvalue weighted by Gasteiger charge is -2.36. The Hall–Kier alpha value is -3.69. The maximum Gasteiger partial charge on any atom is 0.261 e. The predicted octanol–water partition coefficient (Wildman–Crippen LogP) is 2.33. The maximum atomic E-state index is 12.6. The van der Waals surface area contributed by atoms with Crippen LogP contribution in [0.4, 0.5) is 20.3 Å². The summed E-state index contributed by atoms with van der Waals surface area (Å²) in [5.41, 5.74) is 2.39. The van der Waals surface area contributed by atoms with Gasteiger partial charge in [0.15, 0.2) is 5.65 Å². The van der Waals surface area contributed by atoms with E-state index in [0.717, 1.165) is 47.8 Å². The normalized spacial score (nSPS) is 14.7. The molecule has 5 rings (SSSR count). The van der Waals surface area contributed by atoms with Crippen molar-refractivity contribution in [3.05, 3.63) is 59.4 Å². The molecule has 0 bridgehead atoms. The maximum absolute atomic E-state index is 12.6. The lowest BCUT2D eigenvalue weighted by molar-refractivity contribution is 0.125. The van der Waals surface area contributed by atoms with Crippen molar-refractivity contribution < 1.29 is 8.78 Å². The van der Waals surface area contributed by atoms with E-state index in [2.05, 4.69) is 29.7 Å². The van der Waals surface area contributed by atoms with Gasteiger partial charge in [-0.05, 0) is 30.3 Å². The van der Waals surface area contributed by atoms with Crippen LogP contribution < -0.4 is 15.4 Å². The smallest absolute Gasteiger partial charge is 0.261 e. The number of piperazine rings is 1. The summed E-state index contributed by atoms with van der Waals surface area (Å²) < 4.78 is 26.2. The molecule has 0 radical (unpaired) electrons. The Balaban J connectivity index is 1.33. The van der Waals surface area contributed by atoms with E-state index in [1.807, 2.05) is 24.3 Å². The number of aromatic nitrogens is 5. The molecule has 1 aliphatic heterocycles. The van der Waals surface area contributed by atoms with Crippen LogP contribution in [-0.4, -0.2) is 57.1 Å². The Kier molecular flexibility index (Phi) is 4.89. The molecule has 1 saturated heterocycles. The third kappa shape index (κ3) is 3.76. The SMILES string of the molecule is O=c1c2ccc(N3CCN(c4ccc5nccnc5n4)CC3)cc2ncn1CC(F)F. The Labute approximate surface area is 175 Å². The fraction of sp³-hybridized carbons (Fsp3) is 0.286. The Morgan fingerprint density at radius 1 is 0.903 bits per heavy atom. The highest BCUT2D eigenvalue weighted by Gasteiger charge is 2.20. The van der Waals surface area contributed by atoms with E-state index in [1.54, 1.807) is 18.5 Å². The molecule has 0 spiro atoms. The first-order valence-corrected chi connectivity index (χ1v) is 9.93. The summed E-state index contributed by atoms with van der Waals surface area (Å²) in [6.45, 7) is 2.45. The molecule has 0 amide bonds.